The van der Waals surface area contributed by atoms with Gasteiger partial charge in [-0.05, 0) is 19.2 Å². The van der Waals surface area contributed by atoms with Gasteiger partial charge in [0.05, 0.1) is 0 Å². The van der Waals surface area contributed by atoms with Crippen molar-refractivity contribution in [1.82, 2.24) is 14.5 Å². The topological polar surface area (TPSA) is 74.7 Å². The van der Waals surface area contributed by atoms with Crippen LogP contribution in [0.1, 0.15) is 6.92 Å². The minimum atomic E-state index is -0.540. The van der Waals surface area contributed by atoms with Gasteiger partial charge in [0.2, 0.25) is 11.3 Å². The Morgan fingerprint density at radius 1 is 1.35 bits per heavy atom. The Labute approximate surface area is 119 Å². The molecule has 2 heterocycles. The molecule has 0 bridgehead atoms. The summed E-state index contributed by atoms with van der Waals surface area (Å²) in [6.45, 7) is 2.56. The van der Waals surface area contributed by atoms with E-state index in [4.69, 9.17) is 0 Å². The van der Waals surface area contributed by atoms with Crippen molar-refractivity contribution in [2.24, 2.45) is 0 Å². The number of benzene rings is 1. The molecule has 0 saturated heterocycles. The van der Waals surface area contributed by atoms with Gasteiger partial charge in [-0.2, -0.15) is 14.7 Å². The van der Waals surface area contributed by atoms with Gasteiger partial charge in [-0.1, -0.05) is 23.9 Å². The van der Waals surface area contributed by atoms with Crippen LogP contribution in [0.4, 0.5) is 0 Å². The summed E-state index contributed by atoms with van der Waals surface area (Å²) in [5, 5.41) is 12.8. The Morgan fingerprint density at radius 2 is 2.10 bits per heavy atom. The Balaban J connectivity index is 2.59. The number of hydrogen-bond acceptors (Lipinski definition) is 5. The van der Waals surface area contributed by atoms with Crippen LogP contribution in [-0.4, -0.2) is 20.8 Å². The minimum Gasteiger partial charge on any atom is -0.618 e. The van der Waals surface area contributed by atoms with Gasteiger partial charge >= 0.3 is 11.3 Å². The summed E-state index contributed by atoms with van der Waals surface area (Å²) < 4.78 is 2.49. The molecular formula is C13H12N4O2S. The maximum atomic E-state index is 12.4. The van der Waals surface area contributed by atoms with Crippen LogP contribution in [0.15, 0.2) is 34.2 Å². The van der Waals surface area contributed by atoms with E-state index in [0.717, 1.165) is 5.52 Å². The molecule has 0 N–H and O–H groups in total. The molecular weight excluding hydrogens is 276 g/mol. The van der Waals surface area contributed by atoms with Gasteiger partial charge in [0, 0.05) is 12.6 Å². The summed E-state index contributed by atoms with van der Waals surface area (Å²) in [4.78, 5) is 20.2. The molecule has 2 aliphatic heterocycles. The van der Waals surface area contributed by atoms with Crippen LogP contribution < -0.4 is 10.3 Å². The summed E-state index contributed by atoms with van der Waals surface area (Å²) in [6.07, 6.45) is 1.79. The highest BCUT2D eigenvalue weighted by molar-refractivity contribution is 7.98. The third-order valence-electron chi connectivity index (χ3n) is 3.16. The highest BCUT2D eigenvalue weighted by atomic mass is 32.2. The molecule has 2 aliphatic rings. The fourth-order valence-electron chi connectivity index (χ4n) is 2.28. The van der Waals surface area contributed by atoms with Crippen molar-refractivity contribution in [3.05, 3.63) is 39.8 Å². The van der Waals surface area contributed by atoms with Crippen LogP contribution >= 0.6 is 11.8 Å². The first-order chi connectivity index (χ1) is 9.67. The number of rotatable bonds is 2. The molecule has 0 radical (unpaired) electrons. The van der Waals surface area contributed by atoms with E-state index in [0.29, 0.717) is 27.8 Å². The molecule has 0 atom stereocenters. The van der Waals surface area contributed by atoms with Gasteiger partial charge in [0.15, 0.2) is 5.16 Å². The lowest BCUT2D eigenvalue weighted by molar-refractivity contribution is -0.566. The summed E-state index contributed by atoms with van der Waals surface area (Å²) in [5.74, 6) is 0.380. The van der Waals surface area contributed by atoms with Crippen LogP contribution in [0.5, 0.6) is 0 Å². The first kappa shape index (κ1) is 12.9. The van der Waals surface area contributed by atoms with E-state index < -0.39 is 5.56 Å². The molecule has 0 amide bonds. The highest BCUT2D eigenvalue weighted by Crippen LogP contribution is 2.21. The molecule has 0 unspecified atom stereocenters. The molecule has 1 aromatic rings. The second-order valence-corrected chi connectivity index (χ2v) is 4.99. The zero-order valence-electron chi connectivity index (χ0n) is 11.0. The minimum absolute atomic E-state index is 0.0108. The van der Waals surface area contributed by atoms with E-state index >= 15 is 0 Å². The summed E-state index contributed by atoms with van der Waals surface area (Å²) in [7, 11) is 0. The van der Waals surface area contributed by atoms with Crippen molar-refractivity contribution in [2.75, 3.05) is 6.26 Å². The lowest BCUT2D eigenvalue weighted by atomic mass is 10.2. The molecule has 0 spiro atoms. The largest absolute Gasteiger partial charge is 0.618 e. The van der Waals surface area contributed by atoms with Crippen molar-refractivity contribution in [3.8, 4) is 11.5 Å². The zero-order chi connectivity index (χ0) is 14.3. The van der Waals surface area contributed by atoms with Crippen LogP contribution in [-0.2, 0) is 6.54 Å². The number of nitrogens with zero attached hydrogens (tertiary/aromatic N) is 4. The van der Waals surface area contributed by atoms with E-state index in [1.807, 2.05) is 23.6 Å². The van der Waals surface area contributed by atoms with Crippen LogP contribution in [0.25, 0.3) is 22.6 Å². The fourth-order valence-corrected chi connectivity index (χ4v) is 2.63. The highest BCUT2D eigenvalue weighted by Gasteiger charge is 2.27. The Hall–Kier alpha value is -2.15. The van der Waals surface area contributed by atoms with Crippen LogP contribution in [0.2, 0.25) is 0 Å². The predicted octanol–water partition coefficient (Wildman–Crippen LogP) is 1.27. The second-order valence-electron chi connectivity index (χ2n) is 4.22. The van der Waals surface area contributed by atoms with E-state index in [1.165, 1.54) is 11.8 Å². The first-order valence-electron chi connectivity index (χ1n) is 6.14. The molecule has 0 saturated carbocycles. The quantitative estimate of drug-likeness (QED) is 0.233. The Bertz CT molecular complexity index is 831. The van der Waals surface area contributed by atoms with Gasteiger partial charge in [-0.15, -0.1) is 0 Å². The molecule has 3 rings (SSSR count). The maximum absolute atomic E-state index is 12.4. The van der Waals surface area contributed by atoms with Crippen LogP contribution in [0, 0.1) is 5.21 Å². The zero-order valence-corrected chi connectivity index (χ0v) is 11.8. The number of aryl methyl sites for hydroxylation is 1. The van der Waals surface area contributed by atoms with E-state index in [9.17, 15) is 10.0 Å². The first-order valence-corrected chi connectivity index (χ1v) is 7.36. The lowest BCUT2D eigenvalue weighted by Gasteiger charge is -2.16. The van der Waals surface area contributed by atoms with Crippen molar-refractivity contribution in [3.63, 3.8) is 0 Å². The molecule has 0 fully saturated rings. The summed E-state index contributed by atoms with van der Waals surface area (Å²) >= 11 is 1.28. The number of fused-ring (bicyclic) bond motifs is 2. The van der Waals surface area contributed by atoms with E-state index in [-0.39, 0.29) is 5.69 Å². The van der Waals surface area contributed by atoms with Gasteiger partial charge < -0.3 is 9.77 Å². The monoisotopic (exact) mass is 288 g/mol. The van der Waals surface area contributed by atoms with Crippen LogP contribution in [0.3, 0.4) is 0 Å². The smallest absolute Gasteiger partial charge is 0.349 e. The average Bonchev–Trinajstić information content (AvgIpc) is 2.47. The molecule has 0 aliphatic carbocycles. The maximum Gasteiger partial charge on any atom is 0.349 e. The fraction of sp³-hybridized carbons (Fsp3) is 0.231. The molecule has 0 aromatic heterocycles. The number of thioether (sulfide) groups is 1. The average molecular weight is 288 g/mol. The standard InChI is InChI=1S/C13H12N4O2S/c1-3-16-8-6-4-5-7-9(8)17(19)10-11(16)14-13(20-2)15-12(10)18/h4-7H,3H2,1-2H3. The third-order valence-corrected chi connectivity index (χ3v) is 3.71. The molecule has 6 nitrogen and oxygen atoms in total. The van der Waals surface area contributed by atoms with Gasteiger partial charge in [0.1, 0.15) is 5.52 Å². The molecule has 7 heteroatoms. The third kappa shape index (κ3) is 1.74. The van der Waals surface area contributed by atoms with Crippen molar-refractivity contribution in [1.29, 1.82) is 0 Å². The Morgan fingerprint density at radius 3 is 2.80 bits per heavy atom. The second kappa shape index (κ2) is 4.75. The molecule has 1 aromatic carbocycles. The van der Waals surface area contributed by atoms with Crippen molar-refractivity contribution < 1.29 is 4.73 Å². The SMILES string of the molecule is CCn1c2nc(SC)nc(=O)c-2[n+]([O-])c2ccccc21. The summed E-state index contributed by atoms with van der Waals surface area (Å²) in [5.41, 5.74) is 0.646. The van der Waals surface area contributed by atoms with E-state index in [2.05, 4.69) is 9.97 Å². The number of para-hydroxylation sites is 2. The van der Waals surface area contributed by atoms with E-state index in [1.54, 1.807) is 18.4 Å². The predicted molar refractivity (Wildman–Crippen MR) is 76.8 cm³/mol. The molecule has 20 heavy (non-hydrogen) atoms. The summed E-state index contributed by atoms with van der Waals surface area (Å²) in [6, 6.07) is 7.16. The van der Waals surface area contributed by atoms with Crippen molar-refractivity contribution in [2.45, 2.75) is 18.6 Å². The number of hydrogen-bond donors (Lipinski definition) is 0. The van der Waals surface area contributed by atoms with Gasteiger partial charge in [-0.3, -0.25) is 4.79 Å². The van der Waals surface area contributed by atoms with Crippen molar-refractivity contribution >= 4 is 22.8 Å². The normalized spacial score (nSPS) is 11.3. The number of aromatic nitrogens is 4. The Kier molecular flexibility index (Phi) is 3.06. The lowest BCUT2D eigenvalue weighted by Crippen LogP contribution is -2.40. The molecule has 102 valence electrons. The van der Waals surface area contributed by atoms with Gasteiger partial charge in [-0.25, -0.2) is 0 Å². The van der Waals surface area contributed by atoms with Gasteiger partial charge in [0.25, 0.3) is 0 Å².